The average molecular weight is 352 g/mol. The third-order valence-electron chi connectivity index (χ3n) is 4.30. The highest BCUT2D eigenvalue weighted by molar-refractivity contribution is 7.89. The molecule has 0 fully saturated rings. The van der Waals surface area contributed by atoms with E-state index in [4.69, 9.17) is 0 Å². The van der Waals surface area contributed by atoms with Crippen molar-refractivity contribution < 1.29 is 8.42 Å². The molecule has 1 N–H and O–H groups in total. The summed E-state index contributed by atoms with van der Waals surface area (Å²) in [6.45, 7) is 4.59. The molecule has 132 valence electrons. The standard InChI is InChI=1S/C15H24N6O2S/c1-3-24(22,23)18-7-5-15-12-20(10-13-8-17-19(2)9-13)11-14-4-6-16-21(14)15/h4,6,8-9,15,18H,3,5,7,10-12H2,1-2H3/t15-/m0/s1. The summed E-state index contributed by atoms with van der Waals surface area (Å²) in [5, 5.41) is 8.63. The number of fused-ring (bicyclic) bond motifs is 1. The normalized spacial score (nSPS) is 18.7. The van der Waals surface area contributed by atoms with Crippen LogP contribution in [0.2, 0.25) is 0 Å². The second kappa shape index (κ2) is 7.04. The van der Waals surface area contributed by atoms with E-state index in [-0.39, 0.29) is 11.8 Å². The van der Waals surface area contributed by atoms with Crippen LogP contribution >= 0.6 is 0 Å². The fourth-order valence-corrected chi connectivity index (χ4v) is 3.73. The number of nitrogens with zero attached hydrogens (tertiary/aromatic N) is 5. The Morgan fingerprint density at radius 2 is 2.21 bits per heavy atom. The zero-order valence-corrected chi connectivity index (χ0v) is 14.9. The number of aryl methyl sites for hydroxylation is 1. The first kappa shape index (κ1) is 17.1. The molecule has 0 radical (unpaired) electrons. The fourth-order valence-electron chi connectivity index (χ4n) is 3.09. The lowest BCUT2D eigenvalue weighted by molar-refractivity contribution is 0.162. The zero-order valence-electron chi connectivity index (χ0n) is 14.1. The minimum Gasteiger partial charge on any atom is -0.291 e. The Hall–Kier alpha value is -1.71. The maximum Gasteiger partial charge on any atom is 0.211 e. The fraction of sp³-hybridized carbons (Fsp3) is 0.600. The summed E-state index contributed by atoms with van der Waals surface area (Å²) in [5.41, 5.74) is 2.34. The van der Waals surface area contributed by atoms with Crippen LogP contribution in [-0.2, 0) is 30.2 Å². The Kier molecular flexibility index (Phi) is 5.02. The quantitative estimate of drug-likeness (QED) is 0.784. The molecule has 2 aromatic rings. The van der Waals surface area contributed by atoms with Gasteiger partial charge in [0, 0.05) is 51.2 Å². The summed E-state index contributed by atoms with van der Waals surface area (Å²) in [6.07, 6.45) is 6.44. The van der Waals surface area contributed by atoms with Gasteiger partial charge in [-0.25, -0.2) is 13.1 Å². The van der Waals surface area contributed by atoms with Crippen LogP contribution in [0.3, 0.4) is 0 Å². The molecular formula is C15H24N6O2S. The van der Waals surface area contributed by atoms with Gasteiger partial charge < -0.3 is 0 Å². The van der Waals surface area contributed by atoms with Crippen LogP contribution in [0.1, 0.15) is 30.6 Å². The van der Waals surface area contributed by atoms with Crippen molar-refractivity contribution in [3.05, 3.63) is 35.9 Å². The zero-order chi connectivity index (χ0) is 17.2. The van der Waals surface area contributed by atoms with Gasteiger partial charge in [-0.1, -0.05) is 0 Å². The lowest BCUT2D eigenvalue weighted by Crippen LogP contribution is -2.39. The van der Waals surface area contributed by atoms with E-state index in [0.29, 0.717) is 6.54 Å². The Balaban J connectivity index is 1.65. The van der Waals surface area contributed by atoms with Crippen LogP contribution in [0.25, 0.3) is 0 Å². The Bertz CT molecular complexity index is 781. The number of sulfonamides is 1. The molecule has 1 aliphatic heterocycles. The Morgan fingerprint density at radius 1 is 1.38 bits per heavy atom. The number of hydrogen-bond donors (Lipinski definition) is 1. The third-order valence-corrected chi connectivity index (χ3v) is 5.70. The molecular weight excluding hydrogens is 328 g/mol. The van der Waals surface area contributed by atoms with E-state index in [1.165, 1.54) is 5.56 Å². The van der Waals surface area contributed by atoms with Gasteiger partial charge in [0.15, 0.2) is 0 Å². The average Bonchev–Trinajstić information content (AvgIpc) is 3.16. The van der Waals surface area contributed by atoms with Gasteiger partial charge in [0.05, 0.1) is 23.7 Å². The van der Waals surface area contributed by atoms with Crippen LogP contribution in [0.4, 0.5) is 0 Å². The molecule has 0 bridgehead atoms. The number of nitrogens with one attached hydrogen (secondary N) is 1. The van der Waals surface area contributed by atoms with Crippen molar-refractivity contribution in [2.75, 3.05) is 18.8 Å². The summed E-state index contributed by atoms with van der Waals surface area (Å²) in [6, 6.07) is 2.19. The van der Waals surface area contributed by atoms with Gasteiger partial charge in [-0.2, -0.15) is 10.2 Å². The first-order chi connectivity index (χ1) is 11.5. The maximum absolute atomic E-state index is 11.6. The van der Waals surface area contributed by atoms with Gasteiger partial charge in [-0.05, 0) is 19.4 Å². The first-order valence-corrected chi connectivity index (χ1v) is 9.81. The molecule has 2 aromatic heterocycles. The van der Waals surface area contributed by atoms with Gasteiger partial charge in [0.25, 0.3) is 0 Å². The van der Waals surface area contributed by atoms with Gasteiger partial charge >= 0.3 is 0 Å². The molecule has 0 aliphatic carbocycles. The largest absolute Gasteiger partial charge is 0.291 e. The van der Waals surface area contributed by atoms with Crippen LogP contribution in [0.15, 0.2) is 24.7 Å². The van der Waals surface area contributed by atoms with Crippen molar-refractivity contribution >= 4 is 10.0 Å². The second-order valence-corrected chi connectivity index (χ2v) is 8.29. The lowest BCUT2D eigenvalue weighted by Gasteiger charge is -2.33. The molecule has 0 amide bonds. The topological polar surface area (TPSA) is 85.1 Å². The highest BCUT2D eigenvalue weighted by Gasteiger charge is 2.25. The molecule has 1 atom stereocenters. The summed E-state index contributed by atoms with van der Waals surface area (Å²) in [7, 11) is -1.23. The Morgan fingerprint density at radius 3 is 2.92 bits per heavy atom. The molecule has 0 aromatic carbocycles. The van der Waals surface area contributed by atoms with Gasteiger partial charge in [-0.3, -0.25) is 14.3 Å². The predicted molar refractivity (Wildman–Crippen MR) is 90.7 cm³/mol. The minimum atomic E-state index is -3.15. The van der Waals surface area contributed by atoms with Crippen LogP contribution in [0.5, 0.6) is 0 Å². The van der Waals surface area contributed by atoms with Crippen molar-refractivity contribution in [2.45, 2.75) is 32.5 Å². The summed E-state index contributed by atoms with van der Waals surface area (Å²) in [5.74, 6) is 0.109. The molecule has 1 aliphatic rings. The molecule has 3 heterocycles. The SMILES string of the molecule is CCS(=O)(=O)NCC[C@H]1CN(Cc2cnn(C)c2)Cc2ccnn21. The molecule has 0 saturated carbocycles. The summed E-state index contributed by atoms with van der Waals surface area (Å²) in [4.78, 5) is 2.35. The summed E-state index contributed by atoms with van der Waals surface area (Å²) >= 11 is 0. The number of hydrogen-bond acceptors (Lipinski definition) is 5. The van der Waals surface area contributed by atoms with Crippen molar-refractivity contribution in [3.8, 4) is 0 Å². The number of rotatable bonds is 7. The molecule has 0 unspecified atom stereocenters. The van der Waals surface area contributed by atoms with E-state index in [0.717, 1.165) is 31.7 Å². The van der Waals surface area contributed by atoms with Crippen molar-refractivity contribution in [3.63, 3.8) is 0 Å². The van der Waals surface area contributed by atoms with Crippen LogP contribution in [0, 0.1) is 0 Å². The predicted octanol–water partition coefficient (Wildman–Crippen LogP) is 0.503. The molecule has 8 nitrogen and oxygen atoms in total. The minimum absolute atomic E-state index is 0.109. The molecule has 0 spiro atoms. The second-order valence-electron chi connectivity index (χ2n) is 6.20. The monoisotopic (exact) mass is 352 g/mol. The highest BCUT2D eigenvalue weighted by Crippen LogP contribution is 2.24. The smallest absolute Gasteiger partial charge is 0.211 e. The molecule has 0 saturated heterocycles. The van der Waals surface area contributed by atoms with E-state index in [9.17, 15) is 8.42 Å². The van der Waals surface area contributed by atoms with Gasteiger partial charge in [0.1, 0.15) is 0 Å². The van der Waals surface area contributed by atoms with Gasteiger partial charge in [-0.15, -0.1) is 0 Å². The van der Waals surface area contributed by atoms with E-state index >= 15 is 0 Å². The summed E-state index contributed by atoms with van der Waals surface area (Å²) < 4.78 is 29.7. The molecule has 24 heavy (non-hydrogen) atoms. The van der Waals surface area contributed by atoms with Gasteiger partial charge in [0.2, 0.25) is 10.0 Å². The van der Waals surface area contributed by atoms with Crippen LogP contribution in [-0.4, -0.2) is 51.7 Å². The van der Waals surface area contributed by atoms with Crippen molar-refractivity contribution in [1.82, 2.24) is 29.2 Å². The van der Waals surface area contributed by atoms with E-state index in [1.54, 1.807) is 11.6 Å². The molecule has 9 heteroatoms. The third kappa shape index (κ3) is 4.03. The van der Waals surface area contributed by atoms with E-state index < -0.39 is 10.0 Å². The van der Waals surface area contributed by atoms with Crippen molar-refractivity contribution in [1.29, 1.82) is 0 Å². The lowest BCUT2D eigenvalue weighted by atomic mass is 10.1. The Labute approximate surface area is 142 Å². The highest BCUT2D eigenvalue weighted by atomic mass is 32.2. The molecule has 3 rings (SSSR count). The van der Waals surface area contributed by atoms with E-state index in [2.05, 4.69) is 19.8 Å². The van der Waals surface area contributed by atoms with Crippen LogP contribution < -0.4 is 4.72 Å². The first-order valence-electron chi connectivity index (χ1n) is 8.16. The maximum atomic E-state index is 11.6. The number of aromatic nitrogens is 4. The van der Waals surface area contributed by atoms with E-state index in [1.807, 2.05) is 36.4 Å². The van der Waals surface area contributed by atoms with Crippen molar-refractivity contribution in [2.24, 2.45) is 7.05 Å².